The van der Waals surface area contributed by atoms with Gasteiger partial charge in [0.15, 0.2) is 0 Å². The van der Waals surface area contributed by atoms with Crippen molar-refractivity contribution >= 4 is 17.5 Å². The smallest absolute Gasteiger partial charge is 0.225 e. The van der Waals surface area contributed by atoms with Gasteiger partial charge in [-0.2, -0.15) is 0 Å². The number of hydrogen-bond acceptors (Lipinski definition) is 2. The molecule has 14 heavy (non-hydrogen) atoms. The van der Waals surface area contributed by atoms with Crippen molar-refractivity contribution in [1.82, 2.24) is 4.90 Å². The predicted molar refractivity (Wildman–Crippen MR) is 56.6 cm³/mol. The highest BCUT2D eigenvalue weighted by Gasteiger charge is 2.21. The maximum absolute atomic E-state index is 11.7. The van der Waals surface area contributed by atoms with Gasteiger partial charge in [0.25, 0.3) is 0 Å². The van der Waals surface area contributed by atoms with Crippen molar-refractivity contribution in [2.75, 3.05) is 25.6 Å². The molecule has 1 rings (SSSR count). The molecule has 1 heterocycles. The molecule has 1 amide bonds. The molecule has 1 saturated heterocycles. The molecule has 4 heteroatoms. The largest absolute Gasteiger partial charge is 0.378 e. The van der Waals surface area contributed by atoms with Crippen LogP contribution in [0.4, 0.5) is 0 Å². The first-order valence-electron chi connectivity index (χ1n) is 5.23. The number of carbonyl (C=O) groups is 1. The van der Waals surface area contributed by atoms with Gasteiger partial charge in [0, 0.05) is 25.6 Å². The summed E-state index contributed by atoms with van der Waals surface area (Å²) in [6.45, 7) is 4.15. The zero-order chi connectivity index (χ0) is 10.4. The molecule has 0 N–H and O–H groups in total. The summed E-state index contributed by atoms with van der Waals surface area (Å²) >= 11 is 5.61. The van der Waals surface area contributed by atoms with Gasteiger partial charge in [-0.3, -0.25) is 4.79 Å². The van der Waals surface area contributed by atoms with E-state index in [-0.39, 0.29) is 12.0 Å². The van der Waals surface area contributed by atoms with E-state index < -0.39 is 0 Å². The number of amides is 1. The van der Waals surface area contributed by atoms with Crippen molar-refractivity contribution < 1.29 is 9.53 Å². The molecule has 0 saturated carbocycles. The van der Waals surface area contributed by atoms with E-state index in [0.29, 0.717) is 18.8 Å². The summed E-state index contributed by atoms with van der Waals surface area (Å²) in [5.74, 6) is 0.672. The Morgan fingerprint density at radius 2 is 2.43 bits per heavy atom. The van der Waals surface area contributed by atoms with Crippen molar-refractivity contribution in [2.24, 2.45) is 0 Å². The lowest BCUT2D eigenvalue weighted by molar-refractivity contribution is -0.133. The highest BCUT2D eigenvalue weighted by atomic mass is 35.5. The van der Waals surface area contributed by atoms with Gasteiger partial charge < -0.3 is 9.64 Å². The van der Waals surface area contributed by atoms with E-state index in [2.05, 4.69) is 0 Å². The maximum Gasteiger partial charge on any atom is 0.225 e. The number of halogens is 1. The van der Waals surface area contributed by atoms with Crippen LogP contribution in [0.2, 0.25) is 0 Å². The van der Waals surface area contributed by atoms with Gasteiger partial charge in [-0.1, -0.05) is 0 Å². The first-order valence-corrected chi connectivity index (χ1v) is 5.76. The minimum absolute atomic E-state index is 0.145. The van der Waals surface area contributed by atoms with E-state index in [9.17, 15) is 4.79 Å². The molecule has 0 aliphatic carbocycles. The second-order valence-electron chi connectivity index (χ2n) is 3.50. The van der Waals surface area contributed by atoms with Crippen molar-refractivity contribution in [3.8, 4) is 0 Å². The third kappa shape index (κ3) is 3.46. The molecular formula is C10H18ClNO2. The van der Waals surface area contributed by atoms with Crippen LogP contribution in [0.1, 0.15) is 26.2 Å². The Kier molecular flexibility index (Phi) is 5.26. The van der Waals surface area contributed by atoms with Crippen LogP contribution >= 0.6 is 11.6 Å². The molecule has 1 atom stereocenters. The quantitative estimate of drug-likeness (QED) is 0.658. The zero-order valence-electron chi connectivity index (χ0n) is 8.67. The molecule has 0 radical (unpaired) electrons. The lowest BCUT2D eigenvalue weighted by Crippen LogP contribution is -2.34. The molecule has 1 aliphatic rings. The molecule has 1 fully saturated rings. The summed E-state index contributed by atoms with van der Waals surface area (Å²) < 4.78 is 5.42. The average molecular weight is 220 g/mol. The number of nitrogens with zero attached hydrogens (tertiary/aromatic N) is 1. The molecule has 1 unspecified atom stereocenters. The standard InChI is InChI=1S/C10H18ClNO2/c1-2-12(6-5-11)10(13)8-9-4-3-7-14-9/h9H,2-8H2,1H3. The SMILES string of the molecule is CCN(CCCl)C(=O)CC1CCCO1. The van der Waals surface area contributed by atoms with Crippen LogP contribution in [-0.2, 0) is 9.53 Å². The Hall–Kier alpha value is -0.280. The van der Waals surface area contributed by atoms with Crippen LogP contribution in [0, 0.1) is 0 Å². The van der Waals surface area contributed by atoms with Gasteiger partial charge >= 0.3 is 0 Å². The summed E-state index contributed by atoms with van der Waals surface area (Å²) in [6, 6.07) is 0. The van der Waals surface area contributed by atoms with Crippen LogP contribution in [0.3, 0.4) is 0 Å². The first kappa shape index (κ1) is 11.8. The van der Waals surface area contributed by atoms with Gasteiger partial charge in [-0.15, -0.1) is 11.6 Å². The summed E-state index contributed by atoms with van der Waals surface area (Å²) in [5, 5.41) is 0. The maximum atomic E-state index is 11.7. The van der Waals surface area contributed by atoms with Crippen molar-refractivity contribution in [1.29, 1.82) is 0 Å². The third-order valence-corrected chi connectivity index (χ3v) is 2.68. The molecule has 1 aliphatic heterocycles. The van der Waals surface area contributed by atoms with Crippen LogP contribution in [0.15, 0.2) is 0 Å². The van der Waals surface area contributed by atoms with E-state index in [1.807, 2.05) is 6.92 Å². The highest BCUT2D eigenvalue weighted by Crippen LogP contribution is 2.16. The summed E-state index contributed by atoms with van der Waals surface area (Å²) in [5.41, 5.74) is 0. The number of carbonyl (C=O) groups excluding carboxylic acids is 1. The Morgan fingerprint density at radius 3 is 2.93 bits per heavy atom. The minimum Gasteiger partial charge on any atom is -0.378 e. The second kappa shape index (κ2) is 6.25. The Bertz CT molecular complexity index is 181. The molecule has 0 aromatic heterocycles. The summed E-state index contributed by atoms with van der Waals surface area (Å²) in [6.07, 6.45) is 2.76. The minimum atomic E-state index is 0.145. The van der Waals surface area contributed by atoms with Crippen LogP contribution < -0.4 is 0 Å². The van der Waals surface area contributed by atoms with Gasteiger partial charge in [0.1, 0.15) is 0 Å². The van der Waals surface area contributed by atoms with E-state index in [0.717, 1.165) is 26.0 Å². The Morgan fingerprint density at radius 1 is 1.64 bits per heavy atom. The van der Waals surface area contributed by atoms with E-state index in [1.54, 1.807) is 4.90 Å². The molecule has 3 nitrogen and oxygen atoms in total. The summed E-state index contributed by atoms with van der Waals surface area (Å²) in [4.78, 5) is 13.5. The van der Waals surface area contributed by atoms with Crippen LogP contribution in [0.5, 0.6) is 0 Å². The first-order chi connectivity index (χ1) is 6.77. The van der Waals surface area contributed by atoms with E-state index in [1.165, 1.54) is 0 Å². The topological polar surface area (TPSA) is 29.5 Å². The Balaban J connectivity index is 2.30. The molecular weight excluding hydrogens is 202 g/mol. The lowest BCUT2D eigenvalue weighted by atomic mass is 10.1. The Labute approximate surface area is 90.4 Å². The van der Waals surface area contributed by atoms with Gasteiger partial charge in [-0.05, 0) is 19.8 Å². The van der Waals surface area contributed by atoms with Crippen LogP contribution in [0.25, 0.3) is 0 Å². The molecule has 0 bridgehead atoms. The van der Waals surface area contributed by atoms with Crippen molar-refractivity contribution in [2.45, 2.75) is 32.3 Å². The fraction of sp³-hybridized carbons (Fsp3) is 0.900. The zero-order valence-corrected chi connectivity index (χ0v) is 9.42. The molecule has 0 aromatic rings. The summed E-state index contributed by atoms with van der Waals surface area (Å²) in [7, 11) is 0. The van der Waals surface area contributed by atoms with E-state index in [4.69, 9.17) is 16.3 Å². The van der Waals surface area contributed by atoms with Gasteiger partial charge in [0.2, 0.25) is 5.91 Å². The predicted octanol–water partition coefficient (Wildman–Crippen LogP) is 1.64. The number of rotatable bonds is 5. The van der Waals surface area contributed by atoms with Gasteiger partial charge in [-0.25, -0.2) is 0 Å². The van der Waals surface area contributed by atoms with Crippen LogP contribution in [-0.4, -0.2) is 42.5 Å². The monoisotopic (exact) mass is 219 g/mol. The highest BCUT2D eigenvalue weighted by molar-refractivity contribution is 6.18. The van der Waals surface area contributed by atoms with E-state index >= 15 is 0 Å². The third-order valence-electron chi connectivity index (χ3n) is 2.52. The fourth-order valence-electron chi connectivity index (χ4n) is 1.69. The lowest BCUT2D eigenvalue weighted by Gasteiger charge is -2.21. The normalized spacial score (nSPS) is 21.1. The number of alkyl halides is 1. The molecule has 0 aromatic carbocycles. The number of ether oxygens (including phenoxy) is 1. The average Bonchev–Trinajstić information content (AvgIpc) is 2.66. The van der Waals surface area contributed by atoms with Gasteiger partial charge in [0.05, 0.1) is 12.5 Å². The van der Waals surface area contributed by atoms with Crippen molar-refractivity contribution in [3.63, 3.8) is 0 Å². The molecule has 0 spiro atoms. The second-order valence-corrected chi connectivity index (χ2v) is 3.88. The molecule has 82 valence electrons. The van der Waals surface area contributed by atoms with Crippen molar-refractivity contribution in [3.05, 3.63) is 0 Å². The number of hydrogen-bond donors (Lipinski definition) is 0. The fourth-order valence-corrected chi connectivity index (χ4v) is 1.89.